The number of benzene rings is 1. The first-order chi connectivity index (χ1) is 12.5. The quantitative estimate of drug-likeness (QED) is 0.743. The maximum Gasteiger partial charge on any atom is 0.291 e. The van der Waals surface area contributed by atoms with Gasteiger partial charge in [0.1, 0.15) is 0 Å². The van der Waals surface area contributed by atoms with Gasteiger partial charge in [0.25, 0.3) is 11.7 Å². The number of hydrogen-bond acceptors (Lipinski definition) is 5. The molecule has 1 aromatic carbocycles. The van der Waals surface area contributed by atoms with Crippen LogP contribution >= 0.6 is 0 Å². The first-order valence-corrected chi connectivity index (χ1v) is 8.78. The van der Waals surface area contributed by atoms with Crippen molar-refractivity contribution in [2.24, 2.45) is 5.73 Å². The van der Waals surface area contributed by atoms with Gasteiger partial charge in [0, 0.05) is 29.4 Å². The summed E-state index contributed by atoms with van der Waals surface area (Å²) in [7, 11) is 0. The van der Waals surface area contributed by atoms with Crippen molar-refractivity contribution in [1.82, 2.24) is 24.9 Å². The normalized spacial score (nSPS) is 22.2. The van der Waals surface area contributed by atoms with E-state index in [2.05, 4.69) is 32.5 Å². The predicted molar refractivity (Wildman–Crippen MR) is 97.9 cm³/mol. The van der Waals surface area contributed by atoms with Gasteiger partial charge in [-0.2, -0.15) is 4.98 Å². The van der Waals surface area contributed by atoms with E-state index in [-0.39, 0.29) is 23.2 Å². The Balaban J connectivity index is 1.48. The van der Waals surface area contributed by atoms with Gasteiger partial charge in [0.2, 0.25) is 5.82 Å². The molecular formula is C19H22N6O. The average Bonchev–Trinajstić information content (AvgIpc) is 3.03. The molecule has 26 heavy (non-hydrogen) atoms. The first-order valence-electron chi connectivity index (χ1n) is 8.78. The number of carbonyl (C=O) groups is 1. The number of nitrogens with one attached hydrogen (secondary N) is 1. The molecule has 2 heterocycles. The molecule has 1 fully saturated rings. The third-order valence-corrected chi connectivity index (χ3v) is 5.21. The van der Waals surface area contributed by atoms with Gasteiger partial charge in [0.05, 0.1) is 0 Å². The molecule has 0 radical (unpaired) electrons. The van der Waals surface area contributed by atoms with Crippen LogP contribution < -0.4 is 11.1 Å². The molecule has 7 nitrogen and oxygen atoms in total. The second-order valence-corrected chi connectivity index (χ2v) is 7.12. The molecule has 4 rings (SSSR count). The molecule has 0 aliphatic heterocycles. The lowest BCUT2D eigenvalue weighted by Gasteiger charge is -2.47. The van der Waals surface area contributed by atoms with Gasteiger partial charge < -0.3 is 11.1 Å². The Morgan fingerprint density at radius 1 is 1.27 bits per heavy atom. The number of aryl methyl sites for hydroxylation is 2. The van der Waals surface area contributed by atoms with Crippen molar-refractivity contribution in [2.45, 2.75) is 38.1 Å². The summed E-state index contributed by atoms with van der Waals surface area (Å²) in [5, 5.41) is 7.31. The van der Waals surface area contributed by atoms with Crippen molar-refractivity contribution in [3.63, 3.8) is 0 Å². The number of fused-ring (bicyclic) bond motifs is 1. The Bertz CT molecular complexity index is 959. The summed E-state index contributed by atoms with van der Waals surface area (Å²) in [6, 6.07) is 12.2. The minimum atomic E-state index is -0.267. The minimum Gasteiger partial charge on any atom is -0.346 e. The maximum absolute atomic E-state index is 12.5. The second-order valence-electron chi connectivity index (χ2n) is 7.12. The molecule has 3 aromatic rings. The fourth-order valence-corrected chi connectivity index (χ4v) is 3.81. The molecule has 0 spiro atoms. The Morgan fingerprint density at radius 2 is 2.00 bits per heavy atom. The van der Waals surface area contributed by atoms with Crippen LogP contribution in [0.1, 0.15) is 40.4 Å². The Kier molecular flexibility index (Phi) is 3.96. The molecule has 7 heteroatoms. The highest BCUT2D eigenvalue weighted by atomic mass is 16.2. The molecule has 2 aromatic heterocycles. The summed E-state index contributed by atoms with van der Waals surface area (Å²) in [4.78, 5) is 21.1. The lowest BCUT2D eigenvalue weighted by atomic mass is 9.61. The number of nitrogens with zero attached hydrogens (tertiary/aromatic N) is 4. The van der Waals surface area contributed by atoms with Crippen LogP contribution in [0.25, 0.3) is 5.78 Å². The highest BCUT2D eigenvalue weighted by molar-refractivity contribution is 5.91. The van der Waals surface area contributed by atoms with Crippen LogP contribution in [-0.4, -0.2) is 38.1 Å². The predicted octanol–water partition coefficient (Wildman–Crippen LogP) is 1.53. The summed E-state index contributed by atoms with van der Waals surface area (Å²) in [5.74, 6) is 0.328. The van der Waals surface area contributed by atoms with Crippen molar-refractivity contribution < 1.29 is 4.79 Å². The van der Waals surface area contributed by atoms with E-state index < -0.39 is 0 Å². The molecule has 134 valence electrons. The molecule has 3 N–H and O–H groups in total. The molecule has 0 unspecified atom stereocenters. The number of aromatic nitrogens is 4. The number of rotatable bonds is 4. The van der Waals surface area contributed by atoms with Crippen molar-refractivity contribution in [2.75, 3.05) is 6.54 Å². The maximum atomic E-state index is 12.5. The Hall–Kier alpha value is -2.80. The van der Waals surface area contributed by atoms with Crippen LogP contribution in [0.4, 0.5) is 0 Å². The lowest BCUT2D eigenvalue weighted by Crippen LogP contribution is -2.56. The Morgan fingerprint density at radius 3 is 2.69 bits per heavy atom. The van der Waals surface area contributed by atoms with Crippen LogP contribution in [0, 0.1) is 13.8 Å². The van der Waals surface area contributed by atoms with Gasteiger partial charge in [-0.15, -0.1) is 5.10 Å². The second kappa shape index (κ2) is 6.17. The summed E-state index contributed by atoms with van der Waals surface area (Å²) in [6.45, 7) is 4.38. The molecule has 1 aliphatic carbocycles. The fourth-order valence-electron chi connectivity index (χ4n) is 3.81. The molecule has 1 amide bonds. The van der Waals surface area contributed by atoms with Crippen molar-refractivity contribution in [1.29, 1.82) is 0 Å². The van der Waals surface area contributed by atoms with Crippen LogP contribution in [0.2, 0.25) is 0 Å². The molecular weight excluding hydrogens is 328 g/mol. The molecule has 0 atom stereocenters. The monoisotopic (exact) mass is 350 g/mol. The topological polar surface area (TPSA) is 98.2 Å². The van der Waals surface area contributed by atoms with Crippen LogP contribution in [0.5, 0.6) is 0 Å². The van der Waals surface area contributed by atoms with E-state index in [1.165, 1.54) is 5.56 Å². The number of nitrogens with two attached hydrogens (primary N) is 1. The smallest absolute Gasteiger partial charge is 0.291 e. The molecule has 0 bridgehead atoms. The van der Waals surface area contributed by atoms with E-state index in [0.717, 1.165) is 24.2 Å². The van der Waals surface area contributed by atoms with Gasteiger partial charge in [-0.3, -0.25) is 4.79 Å². The van der Waals surface area contributed by atoms with Gasteiger partial charge in [-0.05, 0) is 38.3 Å². The zero-order chi connectivity index (χ0) is 18.3. The van der Waals surface area contributed by atoms with E-state index in [1.807, 2.05) is 38.1 Å². The highest BCUT2D eigenvalue weighted by Crippen LogP contribution is 2.43. The standard InChI is InChI=1S/C19H22N6O/c1-12-8-13(2)25-18(21-12)23-16(24-25)17(26)22-15-9-19(10-15,11-20)14-6-4-3-5-7-14/h3-8,15H,9-11,20H2,1-2H3,(H,22,26). The molecule has 0 saturated heterocycles. The summed E-state index contributed by atoms with van der Waals surface area (Å²) < 4.78 is 1.59. The number of amides is 1. The Labute approximate surface area is 151 Å². The summed E-state index contributed by atoms with van der Waals surface area (Å²) in [6.07, 6.45) is 1.64. The van der Waals surface area contributed by atoms with Crippen LogP contribution in [0.3, 0.4) is 0 Å². The van der Waals surface area contributed by atoms with Crippen LogP contribution in [0.15, 0.2) is 36.4 Å². The van der Waals surface area contributed by atoms with Gasteiger partial charge in [0.15, 0.2) is 0 Å². The SMILES string of the molecule is Cc1cc(C)n2nc(C(=O)NC3CC(CN)(c4ccccc4)C3)nc2n1. The zero-order valence-electron chi connectivity index (χ0n) is 14.9. The first kappa shape index (κ1) is 16.7. The van der Waals surface area contributed by atoms with E-state index in [0.29, 0.717) is 12.3 Å². The van der Waals surface area contributed by atoms with Crippen molar-refractivity contribution in [3.05, 3.63) is 59.2 Å². The minimum absolute atomic E-state index is 0.0548. The van der Waals surface area contributed by atoms with Gasteiger partial charge in [-0.25, -0.2) is 9.50 Å². The fraction of sp³-hybridized carbons (Fsp3) is 0.368. The highest BCUT2D eigenvalue weighted by Gasteiger charge is 2.45. The van der Waals surface area contributed by atoms with Crippen LogP contribution in [-0.2, 0) is 5.41 Å². The van der Waals surface area contributed by atoms with Gasteiger partial charge >= 0.3 is 0 Å². The number of hydrogen-bond donors (Lipinski definition) is 2. The third kappa shape index (κ3) is 2.74. The number of carbonyl (C=O) groups excluding carboxylic acids is 1. The average molecular weight is 350 g/mol. The molecule has 1 aliphatic rings. The van der Waals surface area contributed by atoms with Crippen molar-refractivity contribution >= 4 is 11.7 Å². The zero-order valence-corrected chi connectivity index (χ0v) is 14.9. The van der Waals surface area contributed by atoms with E-state index in [1.54, 1.807) is 4.52 Å². The summed E-state index contributed by atoms with van der Waals surface area (Å²) in [5.41, 5.74) is 8.96. The largest absolute Gasteiger partial charge is 0.346 e. The summed E-state index contributed by atoms with van der Waals surface area (Å²) >= 11 is 0. The van der Waals surface area contributed by atoms with Gasteiger partial charge in [-0.1, -0.05) is 30.3 Å². The van der Waals surface area contributed by atoms with E-state index in [4.69, 9.17) is 5.73 Å². The molecule has 1 saturated carbocycles. The lowest BCUT2D eigenvalue weighted by molar-refractivity contribution is 0.0856. The van der Waals surface area contributed by atoms with E-state index in [9.17, 15) is 4.79 Å². The van der Waals surface area contributed by atoms with Crippen molar-refractivity contribution in [3.8, 4) is 0 Å². The van der Waals surface area contributed by atoms with E-state index >= 15 is 0 Å². The third-order valence-electron chi connectivity index (χ3n) is 5.21.